The van der Waals surface area contributed by atoms with Crippen molar-refractivity contribution in [1.29, 1.82) is 5.26 Å². The summed E-state index contributed by atoms with van der Waals surface area (Å²) in [4.78, 5) is 12.2. The second-order valence-corrected chi connectivity index (χ2v) is 6.14. The van der Waals surface area contributed by atoms with Crippen LogP contribution in [0.5, 0.6) is 0 Å². The number of benzene rings is 2. The van der Waals surface area contributed by atoms with Gasteiger partial charge >= 0.3 is 0 Å². The summed E-state index contributed by atoms with van der Waals surface area (Å²) < 4.78 is 0. The highest BCUT2D eigenvalue weighted by Gasteiger charge is 2.16. The second-order valence-electron chi connectivity index (χ2n) is 6.14. The fourth-order valence-electron chi connectivity index (χ4n) is 3.12. The first kappa shape index (κ1) is 15.5. The first-order chi connectivity index (χ1) is 11.2. The van der Waals surface area contributed by atoms with Gasteiger partial charge in [-0.2, -0.15) is 5.26 Å². The molecule has 1 N–H and O–H groups in total. The molecule has 3 nitrogen and oxygen atoms in total. The van der Waals surface area contributed by atoms with Crippen LogP contribution in [0, 0.1) is 11.3 Å². The Morgan fingerprint density at radius 1 is 1.13 bits per heavy atom. The van der Waals surface area contributed by atoms with Gasteiger partial charge in [0.1, 0.15) is 5.78 Å². The third-order valence-corrected chi connectivity index (χ3v) is 4.37. The summed E-state index contributed by atoms with van der Waals surface area (Å²) in [6.07, 6.45) is 2.01. The monoisotopic (exact) mass is 304 g/mol. The Balaban J connectivity index is 1.60. The molecule has 23 heavy (non-hydrogen) atoms. The summed E-state index contributed by atoms with van der Waals surface area (Å²) in [6, 6.07) is 17.8. The van der Waals surface area contributed by atoms with E-state index < -0.39 is 0 Å². The van der Waals surface area contributed by atoms with Gasteiger partial charge in [0.2, 0.25) is 0 Å². The van der Waals surface area contributed by atoms with Crippen LogP contribution in [0.1, 0.15) is 34.6 Å². The predicted octanol–water partition coefficient (Wildman–Crippen LogP) is 2.99. The molecule has 0 radical (unpaired) electrons. The van der Waals surface area contributed by atoms with Crippen molar-refractivity contribution < 1.29 is 4.79 Å². The predicted molar refractivity (Wildman–Crippen MR) is 90.2 cm³/mol. The van der Waals surface area contributed by atoms with E-state index in [4.69, 9.17) is 5.26 Å². The minimum Gasteiger partial charge on any atom is -0.316 e. The maximum Gasteiger partial charge on any atom is 0.141 e. The standard InChI is InChI=1S/C20H20N2O/c21-13-17-3-1-2-16(10-17)12-20(23)11-15-4-6-18(7-5-15)19-8-9-22-14-19/h1-7,10,19,22H,8-9,11-12,14H2. The molecule has 0 aromatic heterocycles. The molecule has 116 valence electrons. The average Bonchev–Trinajstić information content (AvgIpc) is 3.10. The van der Waals surface area contributed by atoms with Crippen LogP contribution in [0.2, 0.25) is 0 Å². The highest BCUT2D eigenvalue weighted by molar-refractivity contribution is 5.83. The van der Waals surface area contributed by atoms with Crippen molar-refractivity contribution in [3.05, 3.63) is 70.8 Å². The zero-order chi connectivity index (χ0) is 16.1. The number of Topliss-reactive ketones (excluding diaryl/α,β-unsaturated/α-hetero) is 1. The molecule has 2 aromatic rings. The molecular weight excluding hydrogens is 284 g/mol. The molecule has 0 amide bonds. The molecule has 3 rings (SSSR count). The van der Waals surface area contributed by atoms with E-state index in [1.54, 1.807) is 12.1 Å². The Morgan fingerprint density at radius 2 is 1.91 bits per heavy atom. The number of carbonyl (C=O) groups is 1. The molecule has 0 bridgehead atoms. The van der Waals surface area contributed by atoms with E-state index in [9.17, 15) is 4.79 Å². The maximum absolute atomic E-state index is 12.2. The molecule has 1 saturated heterocycles. The Bertz CT molecular complexity index is 722. The molecule has 1 aliphatic rings. The lowest BCUT2D eigenvalue weighted by Crippen LogP contribution is -2.08. The van der Waals surface area contributed by atoms with Crippen molar-refractivity contribution in [3.8, 4) is 6.07 Å². The summed E-state index contributed by atoms with van der Waals surface area (Å²) in [7, 11) is 0. The summed E-state index contributed by atoms with van der Waals surface area (Å²) >= 11 is 0. The van der Waals surface area contributed by atoms with Crippen molar-refractivity contribution in [3.63, 3.8) is 0 Å². The number of nitrogens with one attached hydrogen (secondary N) is 1. The second kappa shape index (κ2) is 7.21. The summed E-state index contributed by atoms with van der Waals surface area (Å²) in [5, 5.41) is 12.3. The van der Waals surface area contributed by atoms with Crippen LogP contribution >= 0.6 is 0 Å². The van der Waals surface area contributed by atoms with Gasteiger partial charge in [0, 0.05) is 19.4 Å². The summed E-state index contributed by atoms with van der Waals surface area (Å²) in [5.41, 5.74) is 3.92. The third-order valence-electron chi connectivity index (χ3n) is 4.37. The molecule has 1 fully saturated rings. The van der Waals surface area contributed by atoms with Gasteiger partial charge in [-0.1, -0.05) is 36.4 Å². The summed E-state index contributed by atoms with van der Waals surface area (Å²) in [5.74, 6) is 0.781. The number of carbonyl (C=O) groups excluding carboxylic acids is 1. The fourth-order valence-corrected chi connectivity index (χ4v) is 3.12. The number of nitrogens with zero attached hydrogens (tertiary/aromatic N) is 1. The van der Waals surface area contributed by atoms with Crippen LogP contribution in [-0.2, 0) is 17.6 Å². The van der Waals surface area contributed by atoms with Gasteiger partial charge in [-0.3, -0.25) is 4.79 Å². The van der Waals surface area contributed by atoms with Crippen molar-refractivity contribution >= 4 is 5.78 Å². The van der Waals surface area contributed by atoms with E-state index in [1.165, 1.54) is 12.0 Å². The Labute approximate surface area is 137 Å². The van der Waals surface area contributed by atoms with E-state index in [0.717, 1.165) is 24.2 Å². The fraction of sp³-hybridized carbons (Fsp3) is 0.300. The first-order valence-electron chi connectivity index (χ1n) is 8.05. The number of nitriles is 1. The van der Waals surface area contributed by atoms with Crippen molar-refractivity contribution in [1.82, 2.24) is 5.32 Å². The molecule has 2 aromatic carbocycles. The molecule has 0 saturated carbocycles. The van der Waals surface area contributed by atoms with Gasteiger partial charge in [-0.05, 0) is 47.7 Å². The van der Waals surface area contributed by atoms with Gasteiger partial charge in [-0.15, -0.1) is 0 Å². The lowest BCUT2D eigenvalue weighted by Gasteiger charge is -2.09. The SMILES string of the molecule is N#Cc1cccc(CC(=O)Cc2ccc(C3CCNC3)cc2)c1. The Kier molecular flexibility index (Phi) is 4.85. The van der Waals surface area contributed by atoms with E-state index >= 15 is 0 Å². The normalized spacial score (nSPS) is 16.9. The minimum absolute atomic E-state index is 0.176. The van der Waals surface area contributed by atoms with Gasteiger partial charge in [-0.25, -0.2) is 0 Å². The van der Waals surface area contributed by atoms with Gasteiger partial charge in [0.25, 0.3) is 0 Å². The molecule has 1 unspecified atom stereocenters. The molecular formula is C20H20N2O. The molecule has 1 heterocycles. The highest BCUT2D eigenvalue weighted by atomic mass is 16.1. The highest BCUT2D eigenvalue weighted by Crippen LogP contribution is 2.22. The van der Waals surface area contributed by atoms with Crippen LogP contribution in [-0.4, -0.2) is 18.9 Å². The lowest BCUT2D eigenvalue weighted by atomic mass is 9.95. The van der Waals surface area contributed by atoms with Crippen molar-refractivity contribution in [2.75, 3.05) is 13.1 Å². The van der Waals surface area contributed by atoms with E-state index in [2.05, 4.69) is 35.7 Å². The van der Waals surface area contributed by atoms with Crippen LogP contribution in [0.15, 0.2) is 48.5 Å². The Morgan fingerprint density at radius 3 is 2.61 bits per heavy atom. The molecule has 0 aliphatic carbocycles. The Hall–Kier alpha value is -2.44. The molecule has 1 atom stereocenters. The third kappa shape index (κ3) is 4.06. The summed E-state index contributed by atoms with van der Waals surface area (Å²) in [6.45, 7) is 2.14. The lowest BCUT2D eigenvalue weighted by molar-refractivity contribution is -0.117. The van der Waals surface area contributed by atoms with Crippen molar-refractivity contribution in [2.24, 2.45) is 0 Å². The zero-order valence-corrected chi connectivity index (χ0v) is 13.1. The molecule has 1 aliphatic heterocycles. The van der Waals surface area contributed by atoms with E-state index in [-0.39, 0.29) is 5.78 Å². The average molecular weight is 304 g/mol. The molecule has 3 heteroatoms. The van der Waals surface area contributed by atoms with Gasteiger partial charge < -0.3 is 5.32 Å². The van der Waals surface area contributed by atoms with E-state index in [1.807, 2.05) is 12.1 Å². The molecule has 0 spiro atoms. The van der Waals surface area contributed by atoms with Crippen LogP contribution in [0.3, 0.4) is 0 Å². The van der Waals surface area contributed by atoms with Gasteiger partial charge in [0.05, 0.1) is 11.6 Å². The number of hydrogen-bond donors (Lipinski definition) is 1. The quantitative estimate of drug-likeness (QED) is 0.924. The zero-order valence-electron chi connectivity index (χ0n) is 13.1. The smallest absolute Gasteiger partial charge is 0.141 e. The van der Waals surface area contributed by atoms with Crippen LogP contribution in [0.4, 0.5) is 0 Å². The van der Waals surface area contributed by atoms with E-state index in [0.29, 0.717) is 24.3 Å². The number of hydrogen-bond acceptors (Lipinski definition) is 3. The number of ketones is 1. The van der Waals surface area contributed by atoms with Crippen LogP contribution in [0.25, 0.3) is 0 Å². The van der Waals surface area contributed by atoms with Crippen LogP contribution < -0.4 is 5.32 Å². The van der Waals surface area contributed by atoms with Crippen molar-refractivity contribution in [2.45, 2.75) is 25.2 Å². The maximum atomic E-state index is 12.2. The van der Waals surface area contributed by atoms with Gasteiger partial charge in [0.15, 0.2) is 0 Å². The number of rotatable bonds is 5. The topological polar surface area (TPSA) is 52.9 Å². The minimum atomic E-state index is 0.176. The largest absolute Gasteiger partial charge is 0.316 e. The first-order valence-corrected chi connectivity index (χ1v) is 8.05.